The van der Waals surface area contributed by atoms with Crippen LogP contribution in [0.3, 0.4) is 0 Å². The summed E-state index contributed by atoms with van der Waals surface area (Å²) in [6.45, 7) is 9.00. The Morgan fingerprint density at radius 3 is 2.53 bits per heavy atom. The zero-order valence-corrected chi connectivity index (χ0v) is 17.7. The van der Waals surface area contributed by atoms with Gasteiger partial charge in [-0.1, -0.05) is 0 Å². The third-order valence-electron chi connectivity index (χ3n) is 5.76. The molecule has 0 saturated heterocycles. The molecule has 7 heteroatoms. The van der Waals surface area contributed by atoms with Crippen LogP contribution in [0.2, 0.25) is 0 Å². The van der Waals surface area contributed by atoms with Crippen molar-refractivity contribution in [3.05, 3.63) is 63.2 Å². The van der Waals surface area contributed by atoms with Crippen LogP contribution in [-0.2, 0) is 17.8 Å². The van der Waals surface area contributed by atoms with E-state index in [1.54, 1.807) is 12.5 Å². The van der Waals surface area contributed by atoms with E-state index in [0.717, 1.165) is 51.8 Å². The normalized spacial score (nSPS) is 11.5. The van der Waals surface area contributed by atoms with Crippen LogP contribution in [-0.4, -0.2) is 22.0 Å². The number of carbonyl (C=O) groups is 1. The zero-order chi connectivity index (χ0) is 21.4. The molecule has 1 N–H and O–H groups in total. The number of nitrogens with one attached hydrogen (secondary N) is 1. The number of amides is 1. The predicted molar refractivity (Wildman–Crippen MR) is 115 cm³/mol. The van der Waals surface area contributed by atoms with E-state index in [-0.39, 0.29) is 12.3 Å². The van der Waals surface area contributed by atoms with E-state index < -0.39 is 5.63 Å². The highest BCUT2D eigenvalue weighted by Gasteiger charge is 2.19. The van der Waals surface area contributed by atoms with E-state index in [0.29, 0.717) is 17.7 Å². The topological polar surface area (TPSA) is 90.3 Å². The average molecular weight is 407 g/mol. The van der Waals surface area contributed by atoms with Crippen molar-refractivity contribution in [2.75, 3.05) is 6.54 Å². The van der Waals surface area contributed by atoms with E-state index in [2.05, 4.69) is 10.3 Å². The summed E-state index contributed by atoms with van der Waals surface area (Å²) in [7, 11) is 0. The third kappa shape index (κ3) is 3.51. The van der Waals surface area contributed by atoms with Crippen LogP contribution in [0.15, 0.2) is 38.4 Å². The van der Waals surface area contributed by atoms with Crippen molar-refractivity contribution < 1.29 is 13.6 Å². The molecule has 0 radical (unpaired) electrons. The van der Waals surface area contributed by atoms with E-state index in [9.17, 15) is 9.59 Å². The SMILES string of the molecule is Cc1oc2c(C)c3oc(=O)c(CC(=O)NCCCn4ccnc4)c(C)c3cc2c1C. The maximum Gasteiger partial charge on any atom is 0.340 e. The minimum absolute atomic E-state index is 0.00430. The van der Waals surface area contributed by atoms with Gasteiger partial charge in [0.2, 0.25) is 5.91 Å². The molecule has 1 amide bonds. The van der Waals surface area contributed by atoms with Gasteiger partial charge in [0, 0.05) is 41.8 Å². The third-order valence-corrected chi connectivity index (χ3v) is 5.76. The number of furan rings is 1. The monoisotopic (exact) mass is 407 g/mol. The number of benzene rings is 1. The Morgan fingerprint density at radius 1 is 1.07 bits per heavy atom. The number of hydrogen-bond donors (Lipinski definition) is 1. The van der Waals surface area contributed by atoms with Gasteiger partial charge in [-0.3, -0.25) is 4.79 Å². The van der Waals surface area contributed by atoms with Crippen molar-refractivity contribution in [1.29, 1.82) is 0 Å². The van der Waals surface area contributed by atoms with Crippen LogP contribution < -0.4 is 10.9 Å². The van der Waals surface area contributed by atoms with Crippen molar-refractivity contribution in [1.82, 2.24) is 14.9 Å². The minimum Gasteiger partial charge on any atom is -0.461 e. The van der Waals surface area contributed by atoms with Crippen LogP contribution in [0, 0.1) is 27.7 Å². The number of imidazole rings is 1. The van der Waals surface area contributed by atoms with Crippen LogP contribution in [0.25, 0.3) is 21.9 Å². The molecule has 0 fully saturated rings. The molecule has 4 aromatic rings. The lowest BCUT2D eigenvalue weighted by Gasteiger charge is -2.10. The summed E-state index contributed by atoms with van der Waals surface area (Å²) in [4.78, 5) is 29.1. The molecule has 0 atom stereocenters. The molecule has 0 saturated carbocycles. The number of aromatic nitrogens is 2. The quantitative estimate of drug-likeness (QED) is 0.389. The molecule has 0 aliphatic heterocycles. The van der Waals surface area contributed by atoms with Gasteiger partial charge in [-0.15, -0.1) is 0 Å². The molecule has 30 heavy (non-hydrogen) atoms. The van der Waals surface area contributed by atoms with Crippen LogP contribution >= 0.6 is 0 Å². The first-order valence-corrected chi connectivity index (χ1v) is 10.0. The molecule has 0 aliphatic rings. The summed E-state index contributed by atoms with van der Waals surface area (Å²) in [5.74, 6) is 0.655. The van der Waals surface area contributed by atoms with Gasteiger partial charge in [0.25, 0.3) is 0 Å². The van der Waals surface area contributed by atoms with Crippen LogP contribution in [0.5, 0.6) is 0 Å². The number of carbonyl (C=O) groups excluding carboxylic acids is 1. The number of fused-ring (bicyclic) bond motifs is 2. The lowest BCUT2D eigenvalue weighted by atomic mass is 9.99. The maximum absolute atomic E-state index is 12.6. The first kappa shape index (κ1) is 19.9. The number of aryl methyl sites for hydroxylation is 5. The Morgan fingerprint density at radius 2 is 1.80 bits per heavy atom. The van der Waals surface area contributed by atoms with Crippen LogP contribution in [0.1, 0.15) is 34.4 Å². The van der Waals surface area contributed by atoms with E-state index in [1.807, 2.05) is 44.5 Å². The van der Waals surface area contributed by atoms with E-state index in [4.69, 9.17) is 8.83 Å². The van der Waals surface area contributed by atoms with Gasteiger partial charge in [0.15, 0.2) is 0 Å². The second-order valence-electron chi connectivity index (χ2n) is 7.71. The van der Waals surface area contributed by atoms with Crippen LogP contribution in [0.4, 0.5) is 0 Å². The Balaban J connectivity index is 1.58. The maximum atomic E-state index is 12.6. The fourth-order valence-corrected chi connectivity index (χ4v) is 3.83. The molecule has 7 nitrogen and oxygen atoms in total. The van der Waals surface area contributed by atoms with Gasteiger partial charge >= 0.3 is 5.63 Å². The molecule has 4 rings (SSSR count). The van der Waals surface area contributed by atoms with Crippen molar-refractivity contribution in [3.8, 4) is 0 Å². The number of hydrogen-bond acceptors (Lipinski definition) is 5. The number of nitrogens with zero attached hydrogens (tertiary/aromatic N) is 2. The first-order valence-electron chi connectivity index (χ1n) is 10.0. The molecule has 0 bridgehead atoms. The predicted octanol–water partition coefficient (Wildman–Crippen LogP) is 3.72. The van der Waals surface area contributed by atoms with Gasteiger partial charge in [-0.05, 0) is 51.3 Å². The Hall–Kier alpha value is -3.35. The average Bonchev–Trinajstić information content (AvgIpc) is 3.33. The Bertz CT molecular complexity index is 1300. The van der Waals surface area contributed by atoms with E-state index in [1.165, 1.54) is 0 Å². The summed E-state index contributed by atoms with van der Waals surface area (Å²) in [5.41, 5.74) is 3.82. The minimum atomic E-state index is -0.476. The molecular formula is C23H25N3O4. The zero-order valence-electron chi connectivity index (χ0n) is 17.7. The van der Waals surface area contributed by atoms with Crippen molar-refractivity contribution in [2.45, 2.75) is 47.1 Å². The van der Waals surface area contributed by atoms with Gasteiger partial charge in [0.05, 0.1) is 18.3 Å². The molecular weight excluding hydrogens is 382 g/mol. The molecule has 0 aliphatic carbocycles. The first-order chi connectivity index (χ1) is 14.4. The Kier molecular flexibility index (Phi) is 5.20. The summed E-state index contributed by atoms with van der Waals surface area (Å²) in [5, 5.41) is 4.72. The highest BCUT2D eigenvalue weighted by Crippen LogP contribution is 2.34. The molecule has 0 spiro atoms. The lowest BCUT2D eigenvalue weighted by molar-refractivity contribution is -0.120. The summed E-state index contributed by atoms with van der Waals surface area (Å²) in [6.07, 6.45) is 6.13. The van der Waals surface area contributed by atoms with Crippen molar-refractivity contribution in [2.24, 2.45) is 0 Å². The summed E-state index contributed by atoms with van der Waals surface area (Å²) in [6, 6.07) is 1.99. The lowest BCUT2D eigenvalue weighted by Crippen LogP contribution is -2.29. The van der Waals surface area contributed by atoms with Gasteiger partial charge in [-0.2, -0.15) is 0 Å². The molecule has 156 valence electrons. The smallest absolute Gasteiger partial charge is 0.340 e. The van der Waals surface area contributed by atoms with Gasteiger partial charge in [0.1, 0.15) is 16.9 Å². The second kappa shape index (κ2) is 7.82. The highest BCUT2D eigenvalue weighted by molar-refractivity contribution is 6.00. The highest BCUT2D eigenvalue weighted by atomic mass is 16.4. The molecule has 3 heterocycles. The molecule has 1 aromatic carbocycles. The standard InChI is InChI=1S/C23H25N3O4/c1-13-16(4)29-21-15(3)22-18(10-17(13)21)14(2)19(23(28)30-22)11-20(27)25-6-5-8-26-9-7-24-12-26/h7,9-10,12H,5-6,8,11H2,1-4H3,(H,25,27). The summed E-state index contributed by atoms with van der Waals surface area (Å²) < 4.78 is 13.4. The van der Waals surface area contributed by atoms with Crippen molar-refractivity contribution in [3.63, 3.8) is 0 Å². The fraction of sp³-hybridized carbons (Fsp3) is 0.348. The van der Waals surface area contributed by atoms with Gasteiger partial charge < -0.3 is 18.7 Å². The summed E-state index contributed by atoms with van der Waals surface area (Å²) >= 11 is 0. The fourth-order valence-electron chi connectivity index (χ4n) is 3.83. The molecule has 0 unspecified atom stereocenters. The van der Waals surface area contributed by atoms with Crippen molar-refractivity contribution >= 4 is 27.8 Å². The Labute approximate surface area is 173 Å². The second-order valence-corrected chi connectivity index (χ2v) is 7.71. The number of rotatable bonds is 6. The molecule has 3 aromatic heterocycles. The van der Waals surface area contributed by atoms with Gasteiger partial charge in [-0.25, -0.2) is 9.78 Å². The largest absolute Gasteiger partial charge is 0.461 e. The van der Waals surface area contributed by atoms with E-state index >= 15 is 0 Å².